The third-order valence-electron chi connectivity index (χ3n) is 0.981. The summed E-state index contributed by atoms with van der Waals surface area (Å²) in [5, 5.41) is 15.9. The minimum atomic E-state index is -0.833. The monoisotopic (exact) mass is 163 g/mol. The molecule has 4 heteroatoms. The molecule has 0 aromatic heterocycles. The van der Waals surface area contributed by atoms with Gasteiger partial charge in [0.05, 0.1) is 0 Å². The smallest absolute Gasteiger partial charge is 0.300 e. The van der Waals surface area contributed by atoms with Crippen molar-refractivity contribution in [1.29, 1.82) is 0 Å². The van der Waals surface area contributed by atoms with Gasteiger partial charge in [-0.3, -0.25) is 4.79 Å². The molecule has 0 unspecified atom stereocenters. The molecule has 0 aromatic carbocycles. The number of hydrogen-bond donors (Lipinski definition) is 3. The van der Waals surface area contributed by atoms with Crippen LogP contribution in [-0.4, -0.2) is 29.3 Å². The Morgan fingerprint density at radius 2 is 1.82 bits per heavy atom. The fourth-order valence-corrected chi connectivity index (χ4v) is 0.0645. The highest BCUT2D eigenvalue weighted by molar-refractivity contribution is 5.62. The summed E-state index contributed by atoms with van der Waals surface area (Å²) >= 11 is 0. The second-order valence-electron chi connectivity index (χ2n) is 3.05. The number of hydrogen-bond acceptors (Lipinski definition) is 3. The Morgan fingerprint density at radius 1 is 1.55 bits per heavy atom. The number of carbonyl (C=O) groups is 1. The topological polar surface area (TPSA) is 83.5 Å². The summed E-state index contributed by atoms with van der Waals surface area (Å²) < 4.78 is 0. The van der Waals surface area contributed by atoms with E-state index in [1.807, 2.05) is 13.8 Å². The van der Waals surface area contributed by atoms with Crippen molar-refractivity contribution < 1.29 is 15.0 Å². The van der Waals surface area contributed by atoms with Crippen LogP contribution in [0.4, 0.5) is 0 Å². The van der Waals surface area contributed by atoms with Gasteiger partial charge >= 0.3 is 0 Å². The molecule has 0 aliphatic rings. The van der Waals surface area contributed by atoms with Gasteiger partial charge in [0.2, 0.25) is 0 Å². The first-order chi connectivity index (χ1) is 4.85. The van der Waals surface area contributed by atoms with Crippen molar-refractivity contribution in [2.45, 2.75) is 20.8 Å². The number of rotatable bonds is 2. The van der Waals surface area contributed by atoms with E-state index in [2.05, 4.69) is 0 Å². The molecule has 0 aliphatic carbocycles. The predicted octanol–water partition coefficient (Wildman–Crippen LogP) is 0.0545. The van der Waals surface area contributed by atoms with E-state index in [9.17, 15) is 0 Å². The Morgan fingerprint density at radius 3 is 1.82 bits per heavy atom. The summed E-state index contributed by atoms with van der Waals surface area (Å²) in [6.45, 7) is 5.65. The molecule has 0 rings (SSSR count). The van der Waals surface area contributed by atoms with Gasteiger partial charge < -0.3 is 15.9 Å². The van der Waals surface area contributed by atoms with E-state index in [0.29, 0.717) is 6.54 Å². The molecule has 0 atom stereocenters. The number of carboxylic acids is 1. The molecule has 0 saturated heterocycles. The molecule has 0 fully saturated rings. The van der Waals surface area contributed by atoms with Crippen LogP contribution in [0, 0.1) is 5.41 Å². The second kappa shape index (κ2) is 6.12. The maximum absolute atomic E-state index is 9.00. The average Bonchev–Trinajstić information content (AvgIpc) is 1.87. The molecule has 0 aromatic rings. The summed E-state index contributed by atoms with van der Waals surface area (Å²) in [5.41, 5.74) is 5.17. The minimum absolute atomic E-state index is 0.0833. The highest BCUT2D eigenvalue weighted by atomic mass is 16.4. The molecule has 4 N–H and O–H groups in total. The zero-order valence-corrected chi connectivity index (χ0v) is 7.29. The summed E-state index contributed by atoms with van der Waals surface area (Å²) in [5.74, 6) is -0.833. The van der Waals surface area contributed by atoms with Crippen LogP contribution >= 0.6 is 0 Å². The van der Waals surface area contributed by atoms with Crippen LogP contribution < -0.4 is 5.73 Å². The maximum atomic E-state index is 9.00. The Labute approximate surface area is 67.0 Å². The number of carboxylic acid groups (broad SMARTS) is 1. The van der Waals surface area contributed by atoms with E-state index in [1.54, 1.807) is 0 Å². The van der Waals surface area contributed by atoms with Crippen LogP contribution in [-0.2, 0) is 4.79 Å². The summed E-state index contributed by atoms with van der Waals surface area (Å²) in [4.78, 5) is 9.00. The van der Waals surface area contributed by atoms with Gasteiger partial charge in [-0.25, -0.2) is 0 Å². The number of aliphatic hydroxyl groups excluding tert-OH is 1. The predicted molar refractivity (Wildman–Crippen MR) is 43.2 cm³/mol. The van der Waals surface area contributed by atoms with Crippen LogP contribution in [0.1, 0.15) is 20.8 Å². The molecule has 0 aliphatic heterocycles. The van der Waals surface area contributed by atoms with Crippen LogP contribution in [0.3, 0.4) is 0 Å². The van der Waals surface area contributed by atoms with Crippen molar-refractivity contribution in [2.24, 2.45) is 11.1 Å². The van der Waals surface area contributed by atoms with Gasteiger partial charge in [0.1, 0.15) is 0 Å². The van der Waals surface area contributed by atoms with Crippen molar-refractivity contribution in [1.82, 2.24) is 0 Å². The molecule has 4 nitrogen and oxygen atoms in total. The normalized spacial score (nSPS) is 9.91. The van der Waals surface area contributed by atoms with E-state index >= 15 is 0 Å². The Bertz CT molecular complexity index is 102. The van der Waals surface area contributed by atoms with Gasteiger partial charge in [-0.15, -0.1) is 0 Å². The van der Waals surface area contributed by atoms with Gasteiger partial charge in [-0.1, -0.05) is 13.8 Å². The lowest BCUT2D eigenvalue weighted by molar-refractivity contribution is -0.134. The van der Waals surface area contributed by atoms with E-state index in [1.165, 1.54) is 0 Å². The lowest BCUT2D eigenvalue weighted by Crippen LogP contribution is -2.26. The van der Waals surface area contributed by atoms with Crippen molar-refractivity contribution in [3.63, 3.8) is 0 Å². The fraction of sp³-hybridized carbons (Fsp3) is 0.857. The molecule has 0 bridgehead atoms. The van der Waals surface area contributed by atoms with Gasteiger partial charge in [0.15, 0.2) is 0 Å². The number of aliphatic hydroxyl groups is 1. The van der Waals surface area contributed by atoms with Crippen molar-refractivity contribution in [2.75, 3.05) is 13.2 Å². The zero-order chi connectivity index (χ0) is 9.49. The van der Waals surface area contributed by atoms with Gasteiger partial charge in [-0.05, 0) is 6.54 Å². The molecule has 11 heavy (non-hydrogen) atoms. The van der Waals surface area contributed by atoms with Crippen LogP contribution in [0.2, 0.25) is 0 Å². The molecular formula is C7H17NO3. The number of aliphatic carboxylic acids is 1. The first-order valence-electron chi connectivity index (χ1n) is 3.36. The third kappa shape index (κ3) is 17.7. The Hall–Kier alpha value is -0.610. The van der Waals surface area contributed by atoms with Crippen molar-refractivity contribution in [3.05, 3.63) is 0 Å². The maximum Gasteiger partial charge on any atom is 0.300 e. The van der Waals surface area contributed by atoms with Crippen molar-refractivity contribution in [3.8, 4) is 0 Å². The van der Waals surface area contributed by atoms with Gasteiger partial charge in [0, 0.05) is 18.9 Å². The Balaban J connectivity index is 0. The fourth-order valence-electron chi connectivity index (χ4n) is 0.0645. The molecule has 0 saturated carbocycles. The minimum Gasteiger partial charge on any atom is -0.481 e. The van der Waals surface area contributed by atoms with Gasteiger partial charge in [-0.2, -0.15) is 0 Å². The van der Waals surface area contributed by atoms with E-state index in [4.69, 9.17) is 20.7 Å². The number of nitrogens with two attached hydrogens (primary N) is 1. The average molecular weight is 163 g/mol. The first kappa shape index (κ1) is 13.0. The summed E-state index contributed by atoms with van der Waals surface area (Å²) in [6, 6.07) is 0. The highest BCUT2D eigenvalue weighted by Crippen LogP contribution is 2.08. The quantitative estimate of drug-likeness (QED) is 0.537. The molecule has 0 heterocycles. The summed E-state index contributed by atoms with van der Waals surface area (Å²) in [6.07, 6.45) is 0. The largest absolute Gasteiger partial charge is 0.481 e. The SMILES string of the molecule is CC(=O)O.CC(C)(CN)CO. The van der Waals surface area contributed by atoms with E-state index < -0.39 is 5.97 Å². The first-order valence-corrected chi connectivity index (χ1v) is 3.36. The summed E-state index contributed by atoms with van der Waals surface area (Å²) in [7, 11) is 0. The van der Waals surface area contributed by atoms with Crippen LogP contribution in [0.25, 0.3) is 0 Å². The third-order valence-corrected chi connectivity index (χ3v) is 0.981. The lowest BCUT2D eigenvalue weighted by atomic mass is 9.96. The molecular weight excluding hydrogens is 146 g/mol. The molecule has 0 spiro atoms. The van der Waals surface area contributed by atoms with Crippen LogP contribution in [0.5, 0.6) is 0 Å². The van der Waals surface area contributed by atoms with E-state index in [0.717, 1.165) is 6.92 Å². The lowest BCUT2D eigenvalue weighted by Gasteiger charge is -2.17. The van der Waals surface area contributed by atoms with Crippen LogP contribution in [0.15, 0.2) is 0 Å². The highest BCUT2D eigenvalue weighted by Gasteiger charge is 2.11. The van der Waals surface area contributed by atoms with E-state index in [-0.39, 0.29) is 12.0 Å². The second-order valence-corrected chi connectivity index (χ2v) is 3.05. The standard InChI is InChI=1S/C5H13NO.C2H4O2/c1-5(2,3-6)4-7;1-2(3)4/h7H,3-4,6H2,1-2H3;1H3,(H,3,4). The Kier molecular flexibility index (Phi) is 7.24. The van der Waals surface area contributed by atoms with Gasteiger partial charge in [0.25, 0.3) is 5.97 Å². The molecule has 68 valence electrons. The zero-order valence-electron chi connectivity index (χ0n) is 7.29. The van der Waals surface area contributed by atoms with Crippen molar-refractivity contribution >= 4 is 5.97 Å². The molecule has 0 radical (unpaired) electrons. The molecule has 0 amide bonds.